The van der Waals surface area contributed by atoms with Crippen molar-refractivity contribution in [2.45, 2.75) is 0 Å². The molecule has 146 valence electrons. The quantitative estimate of drug-likeness (QED) is 0.144. The second-order valence-electron chi connectivity index (χ2n) is 5.94. The molecule has 0 aliphatic heterocycles. The van der Waals surface area contributed by atoms with Crippen molar-refractivity contribution in [3.63, 3.8) is 0 Å². The second kappa shape index (κ2) is 20.1. The van der Waals surface area contributed by atoms with Crippen molar-refractivity contribution in [1.82, 2.24) is 0 Å². The second-order valence-corrected chi connectivity index (χ2v) is 5.94. The first kappa shape index (κ1) is 30.0. The standard InChI is InChI=1S/4C7H7.Hf.Zn/c4*1-7-5-3-2-4-6-7;;/h4*2-6H,1H2;;/q4*-1;+4;. The Morgan fingerprint density at radius 2 is 0.433 bits per heavy atom. The minimum atomic E-state index is 0. The molecule has 4 aromatic carbocycles. The molecule has 2 heteroatoms. The van der Waals surface area contributed by atoms with Gasteiger partial charge in [-0.3, -0.25) is 0 Å². The van der Waals surface area contributed by atoms with Gasteiger partial charge in [-0.25, -0.2) is 0 Å². The molecule has 4 rings (SSSR count). The summed E-state index contributed by atoms with van der Waals surface area (Å²) in [6.07, 6.45) is 0. The normalized spacial score (nSPS) is 8.00. The van der Waals surface area contributed by atoms with Crippen LogP contribution in [0.2, 0.25) is 0 Å². The van der Waals surface area contributed by atoms with Crippen LogP contribution < -0.4 is 0 Å². The molecule has 0 fully saturated rings. The Hall–Kier alpha value is -2.15. The molecule has 4 aromatic rings. The van der Waals surface area contributed by atoms with Gasteiger partial charge in [-0.05, 0) is 0 Å². The monoisotopic (exact) mass is 608 g/mol. The molecule has 0 heterocycles. The fraction of sp³-hybridized carbons (Fsp3) is 0. The van der Waals surface area contributed by atoms with Crippen LogP contribution in [0.5, 0.6) is 0 Å². The van der Waals surface area contributed by atoms with Gasteiger partial charge in [-0.15, -0.1) is 48.5 Å². The van der Waals surface area contributed by atoms with Crippen LogP contribution in [0.25, 0.3) is 0 Å². The van der Waals surface area contributed by atoms with Gasteiger partial charge in [0.2, 0.25) is 0 Å². The van der Waals surface area contributed by atoms with Crippen LogP contribution in [-0.2, 0) is 45.3 Å². The molecule has 0 aliphatic carbocycles. The van der Waals surface area contributed by atoms with Gasteiger partial charge in [0, 0.05) is 19.5 Å². The molecule has 0 unspecified atom stereocenters. The molecule has 0 atom stereocenters. The van der Waals surface area contributed by atoms with E-state index >= 15 is 0 Å². The zero-order valence-electron chi connectivity index (χ0n) is 17.6. The third-order valence-corrected chi connectivity index (χ3v) is 3.37. The average molecular weight is 608 g/mol. The number of rotatable bonds is 0. The smallest absolute Gasteiger partial charge is 0.199 e. The summed E-state index contributed by atoms with van der Waals surface area (Å²) in [7, 11) is 0. The molecule has 0 saturated heterocycles. The number of benzene rings is 4. The molecule has 0 nitrogen and oxygen atoms in total. The molecule has 0 aromatic heterocycles. The van der Waals surface area contributed by atoms with E-state index in [4.69, 9.17) is 0 Å². The van der Waals surface area contributed by atoms with Crippen molar-refractivity contribution in [3.8, 4) is 0 Å². The minimum Gasteiger partial charge on any atom is -0.199 e. The Morgan fingerprint density at radius 3 is 0.500 bits per heavy atom. The molecule has 0 N–H and O–H groups in total. The van der Waals surface area contributed by atoms with E-state index < -0.39 is 0 Å². The van der Waals surface area contributed by atoms with E-state index in [1.165, 1.54) is 0 Å². The Bertz CT molecular complexity index is 682. The van der Waals surface area contributed by atoms with Crippen molar-refractivity contribution < 1.29 is 45.3 Å². The van der Waals surface area contributed by atoms with E-state index in [-0.39, 0.29) is 45.3 Å². The summed E-state index contributed by atoms with van der Waals surface area (Å²) >= 11 is 0. The Labute approximate surface area is 215 Å². The molecule has 30 heavy (non-hydrogen) atoms. The molecule has 0 amide bonds. The fourth-order valence-corrected chi connectivity index (χ4v) is 1.91. The van der Waals surface area contributed by atoms with Crippen LogP contribution in [0.3, 0.4) is 0 Å². The van der Waals surface area contributed by atoms with E-state index in [9.17, 15) is 0 Å². The maximum Gasteiger partial charge on any atom is 4.00 e. The van der Waals surface area contributed by atoms with E-state index in [0.717, 1.165) is 22.3 Å². The molecule has 0 spiro atoms. The van der Waals surface area contributed by atoms with Gasteiger partial charge in [0.05, 0.1) is 0 Å². The van der Waals surface area contributed by atoms with Crippen molar-refractivity contribution in [2.24, 2.45) is 0 Å². The Balaban J connectivity index is 0. The molecule has 0 bridgehead atoms. The zero-order chi connectivity index (χ0) is 20.5. The molecular weight excluding hydrogens is 580 g/mol. The van der Waals surface area contributed by atoms with E-state index in [1.807, 2.05) is 121 Å². The first-order chi connectivity index (χ1) is 13.6. The van der Waals surface area contributed by atoms with Gasteiger partial charge >= 0.3 is 25.8 Å². The minimum absolute atomic E-state index is 0. The maximum absolute atomic E-state index is 3.72. The van der Waals surface area contributed by atoms with Crippen LogP contribution >= 0.6 is 0 Å². The van der Waals surface area contributed by atoms with Crippen LogP contribution in [0, 0.1) is 27.7 Å². The third kappa shape index (κ3) is 17.9. The van der Waals surface area contributed by atoms with Crippen molar-refractivity contribution in [1.29, 1.82) is 0 Å². The zero-order valence-corrected chi connectivity index (χ0v) is 24.1. The van der Waals surface area contributed by atoms with Crippen LogP contribution in [0.15, 0.2) is 121 Å². The molecule has 0 saturated carbocycles. The van der Waals surface area contributed by atoms with Crippen molar-refractivity contribution in [2.75, 3.05) is 0 Å². The van der Waals surface area contributed by atoms with Gasteiger partial charge in [-0.2, -0.15) is 98.5 Å². The fourth-order valence-electron chi connectivity index (χ4n) is 1.91. The molecular formula is C28H28HfZn. The van der Waals surface area contributed by atoms with Crippen molar-refractivity contribution in [3.05, 3.63) is 171 Å². The van der Waals surface area contributed by atoms with Gasteiger partial charge in [0.15, 0.2) is 0 Å². The summed E-state index contributed by atoms with van der Waals surface area (Å²) in [5.41, 5.74) is 4.29. The summed E-state index contributed by atoms with van der Waals surface area (Å²) in [5.74, 6) is 0. The largest absolute Gasteiger partial charge is 4.00 e. The summed E-state index contributed by atoms with van der Waals surface area (Å²) in [4.78, 5) is 0. The molecule has 0 radical (unpaired) electrons. The van der Waals surface area contributed by atoms with E-state index in [0.29, 0.717) is 0 Å². The van der Waals surface area contributed by atoms with Crippen molar-refractivity contribution >= 4 is 0 Å². The Kier molecular flexibility index (Phi) is 20.2. The van der Waals surface area contributed by atoms with Crippen LogP contribution in [0.4, 0.5) is 0 Å². The average Bonchev–Trinajstić information content (AvgIpc) is 2.72. The summed E-state index contributed by atoms with van der Waals surface area (Å²) in [6.45, 7) is 14.9. The first-order valence-corrected chi connectivity index (χ1v) is 9.06. The predicted molar refractivity (Wildman–Crippen MR) is 124 cm³/mol. The van der Waals surface area contributed by atoms with Gasteiger partial charge in [0.1, 0.15) is 0 Å². The van der Waals surface area contributed by atoms with Gasteiger partial charge in [-0.1, -0.05) is 24.3 Å². The predicted octanol–water partition coefficient (Wildman–Crippen LogP) is 7.47. The topological polar surface area (TPSA) is 0 Å². The number of hydrogen-bond acceptors (Lipinski definition) is 0. The summed E-state index contributed by atoms with van der Waals surface area (Å²) in [6, 6.07) is 39.5. The van der Waals surface area contributed by atoms with Gasteiger partial charge < -0.3 is 0 Å². The SMILES string of the molecule is [CH2-]c1ccccc1.[CH2-]c1ccccc1.[CH2-]c1ccccc1.[CH2-]c1ccccc1.[Hf+4].[Zn]. The first-order valence-electron chi connectivity index (χ1n) is 9.06. The van der Waals surface area contributed by atoms with Crippen LogP contribution in [-0.4, -0.2) is 0 Å². The van der Waals surface area contributed by atoms with E-state index in [1.54, 1.807) is 0 Å². The van der Waals surface area contributed by atoms with Crippen LogP contribution in [0.1, 0.15) is 22.3 Å². The number of hydrogen-bond donors (Lipinski definition) is 0. The van der Waals surface area contributed by atoms with E-state index in [2.05, 4.69) is 27.7 Å². The third-order valence-electron chi connectivity index (χ3n) is 3.37. The summed E-state index contributed by atoms with van der Waals surface area (Å²) < 4.78 is 0. The molecule has 0 aliphatic rings. The van der Waals surface area contributed by atoms with Gasteiger partial charge in [0.25, 0.3) is 0 Å². The maximum atomic E-state index is 3.72. The summed E-state index contributed by atoms with van der Waals surface area (Å²) in [5, 5.41) is 0. The Morgan fingerprint density at radius 1 is 0.300 bits per heavy atom.